The number of nitrogens with zero attached hydrogens (tertiary/aromatic N) is 3. The van der Waals surface area contributed by atoms with Gasteiger partial charge in [0.2, 0.25) is 0 Å². The van der Waals surface area contributed by atoms with Gasteiger partial charge >= 0.3 is 6.18 Å². The quantitative estimate of drug-likeness (QED) is 0.574. The number of hydrogen-bond acceptors (Lipinski definition) is 5. The highest BCUT2D eigenvalue weighted by molar-refractivity contribution is 5.88. The highest BCUT2D eigenvalue weighted by atomic mass is 19.4. The number of ether oxygens (including phenoxy) is 1. The van der Waals surface area contributed by atoms with E-state index < -0.39 is 11.9 Å². The minimum atomic E-state index is -4.52. The molecule has 2 saturated heterocycles. The van der Waals surface area contributed by atoms with E-state index in [9.17, 15) is 17.6 Å². The van der Waals surface area contributed by atoms with Gasteiger partial charge in [-0.1, -0.05) is 12.1 Å². The molecule has 1 aliphatic carbocycles. The Bertz CT molecular complexity index is 1180. The molecule has 174 valence electrons. The molecule has 10 heteroatoms. The monoisotopic (exact) mass is 461 g/mol. The van der Waals surface area contributed by atoms with Crippen LogP contribution >= 0.6 is 0 Å². The maximum atomic E-state index is 14.6. The molecule has 4 atom stereocenters. The normalized spacial score (nSPS) is 27.6. The number of H-pyrrole nitrogens is 1. The molecule has 1 aromatic carbocycles. The fraction of sp³-hybridized carbons (Fsp3) is 0.478. The number of likely N-dealkylation sites (tertiary alicyclic amines) is 1. The first-order valence-corrected chi connectivity index (χ1v) is 11.1. The van der Waals surface area contributed by atoms with Gasteiger partial charge < -0.3 is 15.0 Å². The number of anilines is 1. The zero-order chi connectivity index (χ0) is 22.7. The second kappa shape index (κ2) is 7.66. The molecular weight excluding hydrogens is 438 g/mol. The Labute approximate surface area is 187 Å². The topological polar surface area (TPSA) is 66.1 Å². The van der Waals surface area contributed by atoms with Crippen LogP contribution < -0.4 is 5.32 Å². The number of halogens is 4. The van der Waals surface area contributed by atoms with Gasteiger partial charge in [0.05, 0.1) is 24.6 Å². The summed E-state index contributed by atoms with van der Waals surface area (Å²) in [5.41, 5.74) is 0.724. The summed E-state index contributed by atoms with van der Waals surface area (Å²) in [5, 5.41) is 3.65. The van der Waals surface area contributed by atoms with Crippen LogP contribution in [0.15, 0.2) is 30.6 Å². The summed E-state index contributed by atoms with van der Waals surface area (Å²) in [4.78, 5) is 13.0. The van der Waals surface area contributed by atoms with E-state index in [0.717, 1.165) is 44.4 Å². The minimum Gasteiger partial charge on any atom is -0.381 e. The molecule has 6 nitrogen and oxygen atoms in total. The first-order valence-electron chi connectivity index (χ1n) is 11.1. The molecule has 6 rings (SSSR count). The van der Waals surface area contributed by atoms with Crippen molar-refractivity contribution in [1.82, 2.24) is 19.9 Å². The van der Waals surface area contributed by atoms with Crippen molar-refractivity contribution in [1.29, 1.82) is 0 Å². The van der Waals surface area contributed by atoms with Gasteiger partial charge in [0.1, 0.15) is 29.3 Å². The van der Waals surface area contributed by atoms with E-state index >= 15 is 0 Å². The van der Waals surface area contributed by atoms with Crippen LogP contribution in [0.1, 0.15) is 29.3 Å². The second-order valence-corrected chi connectivity index (χ2v) is 9.21. The van der Waals surface area contributed by atoms with Crippen LogP contribution in [-0.4, -0.2) is 52.2 Å². The zero-order valence-electron chi connectivity index (χ0n) is 17.7. The summed E-state index contributed by atoms with van der Waals surface area (Å²) in [5.74, 6) is 1.04. The number of hydrogen-bond donors (Lipinski definition) is 2. The van der Waals surface area contributed by atoms with Crippen molar-refractivity contribution in [3.8, 4) is 0 Å². The standard InChI is InChI=1S/C23H23F4N5O/c24-17-3-1-2-15-14(17)4-5-18(32-7-12-9-33-10-13(12)8-32)20(15)31-22-16-6-19(23(25,26)27)30-21(16)28-11-29-22/h1-3,6,11-13,18,20H,4-5,7-10H2,(H2,28,29,30,31)/t12-,13+,18-,20-/m1/s1. The van der Waals surface area contributed by atoms with E-state index in [1.54, 1.807) is 6.07 Å². The molecule has 0 saturated carbocycles. The summed E-state index contributed by atoms with van der Waals surface area (Å²) < 4.78 is 60.1. The van der Waals surface area contributed by atoms with Crippen molar-refractivity contribution in [2.24, 2.45) is 11.8 Å². The molecule has 2 aliphatic heterocycles. The number of fused-ring (bicyclic) bond motifs is 3. The van der Waals surface area contributed by atoms with Gasteiger partial charge in [0.25, 0.3) is 0 Å². The second-order valence-electron chi connectivity index (χ2n) is 9.21. The number of nitrogens with one attached hydrogen (secondary N) is 2. The summed E-state index contributed by atoms with van der Waals surface area (Å²) >= 11 is 0. The molecule has 0 spiro atoms. The molecule has 4 heterocycles. The molecule has 0 unspecified atom stereocenters. The Morgan fingerprint density at radius 3 is 2.67 bits per heavy atom. The summed E-state index contributed by atoms with van der Waals surface area (Å²) in [6, 6.07) is 5.82. The average Bonchev–Trinajstić information content (AvgIpc) is 3.49. The summed E-state index contributed by atoms with van der Waals surface area (Å²) in [6.45, 7) is 3.32. The summed E-state index contributed by atoms with van der Waals surface area (Å²) in [7, 11) is 0. The molecule has 3 aliphatic rings. The lowest BCUT2D eigenvalue weighted by molar-refractivity contribution is -0.140. The first kappa shape index (κ1) is 20.9. The van der Waals surface area contributed by atoms with Crippen LogP contribution in [0.3, 0.4) is 0 Å². The van der Waals surface area contributed by atoms with Gasteiger partial charge in [-0.25, -0.2) is 14.4 Å². The van der Waals surface area contributed by atoms with E-state index in [1.807, 2.05) is 6.07 Å². The van der Waals surface area contributed by atoms with Gasteiger partial charge in [-0.05, 0) is 36.1 Å². The van der Waals surface area contributed by atoms with Crippen LogP contribution in [0.25, 0.3) is 11.0 Å². The number of benzene rings is 1. The minimum absolute atomic E-state index is 0.0657. The lowest BCUT2D eigenvalue weighted by atomic mass is 9.82. The zero-order valence-corrected chi connectivity index (χ0v) is 17.7. The average molecular weight is 461 g/mol. The molecular formula is C23H23F4N5O. The third-order valence-corrected chi connectivity index (χ3v) is 7.33. The Hall–Kier alpha value is -2.72. The van der Waals surface area contributed by atoms with E-state index in [-0.39, 0.29) is 28.9 Å². The number of alkyl halides is 3. The predicted molar refractivity (Wildman–Crippen MR) is 113 cm³/mol. The van der Waals surface area contributed by atoms with Crippen LogP contribution in [0.2, 0.25) is 0 Å². The van der Waals surface area contributed by atoms with Gasteiger partial charge in [-0.15, -0.1) is 0 Å². The van der Waals surface area contributed by atoms with Gasteiger partial charge in [0, 0.05) is 31.0 Å². The third-order valence-electron chi connectivity index (χ3n) is 7.33. The molecule has 0 radical (unpaired) electrons. The van der Waals surface area contributed by atoms with Crippen molar-refractivity contribution in [2.45, 2.75) is 31.1 Å². The fourth-order valence-electron chi connectivity index (χ4n) is 5.71. The SMILES string of the molecule is Fc1cccc2c1CC[C@@H](N1C[C@H]3COC[C@H]3C1)[C@@H]2Nc1ncnc2[nH]c(C(F)(F)F)cc12. The van der Waals surface area contributed by atoms with Crippen molar-refractivity contribution in [3.05, 3.63) is 53.2 Å². The fourth-order valence-corrected chi connectivity index (χ4v) is 5.71. The Morgan fingerprint density at radius 2 is 1.91 bits per heavy atom. The first-order chi connectivity index (χ1) is 15.9. The smallest absolute Gasteiger partial charge is 0.381 e. The molecule has 2 N–H and O–H groups in total. The Morgan fingerprint density at radius 1 is 1.12 bits per heavy atom. The van der Waals surface area contributed by atoms with Gasteiger partial charge in [-0.3, -0.25) is 4.90 Å². The number of rotatable bonds is 3. The van der Waals surface area contributed by atoms with Crippen LogP contribution in [0.5, 0.6) is 0 Å². The van der Waals surface area contributed by atoms with E-state index in [2.05, 4.69) is 25.2 Å². The molecule has 0 bridgehead atoms. The van der Waals surface area contributed by atoms with Crippen LogP contribution in [0.4, 0.5) is 23.4 Å². The Balaban J connectivity index is 1.39. The summed E-state index contributed by atoms with van der Waals surface area (Å²) in [6.07, 6.45) is -1.91. The van der Waals surface area contributed by atoms with E-state index in [4.69, 9.17) is 4.74 Å². The van der Waals surface area contributed by atoms with Crippen molar-refractivity contribution >= 4 is 16.9 Å². The maximum absolute atomic E-state index is 14.6. The van der Waals surface area contributed by atoms with Crippen LogP contribution in [-0.2, 0) is 17.3 Å². The number of aromatic amines is 1. The van der Waals surface area contributed by atoms with Crippen molar-refractivity contribution < 1.29 is 22.3 Å². The van der Waals surface area contributed by atoms with Gasteiger partial charge in [0.15, 0.2) is 0 Å². The lowest BCUT2D eigenvalue weighted by Gasteiger charge is -2.40. The van der Waals surface area contributed by atoms with E-state index in [1.165, 1.54) is 12.4 Å². The lowest BCUT2D eigenvalue weighted by Crippen LogP contribution is -2.44. The Kier molecular flexibility index (Phi) is 4.84. The van der Waals surface area contributed by atoms with Crippen molar-refractivity contribution in [2.75, 3.05) is 31.6 Å². The molecule has 33 heavy (non-hydrogen) atoms. The third kappa shape index (κ3) is 3.56. The maximum Gasteiger partial charge on any atom is 0.431 e. The van der Waals surface area contributed by atoms with Gasteiger partial charge in [-0.2, -0.15) is 13.2 Å². The predicted octanol–water partition coefficient (Wildman–Crippen LogP) is 4.16. The largest absolute Gasteiger partial charge is 0.431 e. The number of aromatic nitrogens is 3. The molecule has 3 aromatic rings. The molecule has 2 fully saturated rings. The molecule has 0 amide bonds. The van der Waals surface area contributed by atoms with Crippen molar-refractivity contribution in [3.63, 3.8) is 0 Å². The highest BCUT2D eigenvalue weighted by Gasteiger charge is 2.44. The highest BCUT2D eigenvalue weighted by Crippen LogP contribution is 2.41. The molecule has 2 aromatic heterocycles. The van der Waals surface area contributed by atoms with Crippen LogP contribution in [0, 0.1) is 17.7 Å². The van der Waals surface area contributed by atoms with E-state index in [0.29, 0.717) is 29.6 Å².